The van der Waals surface area contributed by atoms with Crippen molar-refractivity contribution in [2.45, 2.75) is 6.92 Å². The number of hydrogen-bond acceptors (Lipinski definition) is 7. The first-order chi connectivity index (χ1) is 9.90. The average Bonchev–Trinajstić information content (AvgIpc) is 2.46. The molecule has 0 aromatic heterocycles. The van der Waals surface area contributed by atoms with Crippen molar-refractivity contribution in [1.29, 1.82) is 0 Å². The molecule has 0 saturated carbocycles. The van der Waals surface area contributed by atoms with Crippen LogP contribution < -0.4 is 4.74 Å². The van der Waals surface area contributed by atoms with Gasteiger partial charge >= 0.3 is 17.9 Å². The minimum absolute atomic E-state index is 0.0227. The summed E-state index contributed by atoms with van der Waals surface area (Å²) in [4.78, 5) is 46.2. The summed E-state index contributed by atoms with van der Waals surface area (Å²) in [5.41, 5.74) is 0.0227. The summed E-state index contributed by atoms with van der Waals surface area (Å²) >= 11 is 0. The lowest BCUT2D eigenvalue weighted by Crippen LogP contribution is -2.33. The molecule has 0 fully saturated rings. The summed E-state index contributed by atoms with van der Waals surface area (Å²) in [6.45, 7) is 1.21. The maximum atomic E-state index is 12.2. The normalized spacial score (nSPS) is 9.90. The molecule has 0 unspecified atom stereocenters. The summed E-state index contributed by atoms with van der Waals surface area (Å²) in [5, 5.41) is 0. The van der Waals surface area contributed by atoms with E-state index in [1.54, 1.807) is 0 Å². The van der Waals surface area contributed by atoms with Crippen molar-refractivity contribution in [3.05, 3.63) is 29.8 Å². The number of carbonyl (C=O) groups is 4. The molecule has 7 nitrogen and oxygen atoms in total. The predicted octanol–water partition coefficient (Wildman–Crippen LogP) is 0.757. The van der Waals surface area contributed by atoms with Crippen molar-refractivity contribution in [2.24, 2.45) is 5.92 Å². The van der Waals surface area contributed by atoms with E-state index in [2.05, 4.69) is 9.47 Å². The zero-order chi connectivity index (χ0) is 16.0. The fraction of sp³-hybridized carbons (Fsp3) is 0.286. The number of ether oxygens (including phenoxy) is 3. The molecule has 0 radical (unpaired) electrons. The lowest BCUT2D eigenvalue weighted by atomic mass is 9.97. The third kappa shape index (κ3) is 4.13. The van der Waals surface area contributed by atoms with E-state index in [9.17, 15) is 19.2 Å². The third-order valence-corrected chi connectivity index (χ3v) is 2.52. The Morgan fingerprint density at radius 1 is 1.00 bits per heavy atom. The number of Topliss-reactive ketones (excluding diaryl/α,β-unsaturated/α-hetero) is 1. The van der Waals surface area contributed by atoms with Crippen LogP contribution in [0.5, 0.6) is 5.75 Å². The van der Waals surface area contributed by atoms with Gasteiger partial charge in [0.15, 0.2) is 5.78 Å². The number of methoxy groups -OCH3 is 2. The van der Waals surface area contributed by atoms with E-state index in [0.717, 1.165) is 14.2 Å². The second kappa shape index (κ2) is 7.18. The third-order valence-electron chi connectivity index (χ3n) is 2.52. The van der Waals surface area contributed by atoms with Gasteiger partial charge in [-0.05, 0) is 12.1 Å². The molecule has 1 aromatic carbocycles. The molecule has 0 amide bonds. The van der Waals surface area contributed by atoms with Crippen molar-refractivity contribution in [3.63, 3.8) is 0 Å². The molecule has 0 spiro atoms. The Balaban J connectivity index is 3.11. The van der Waals surface area contributed by atoms with Crippen LogP contribution in [0, 0.1) is 5.92 Å². The topological polar surface area (TPSA) is 96.0 Å². The molecule has 0 aliphatic carbocycles. The Kier molecular flexibility index (Phi) is 5.59. The van der Waals surface area contributed by atoms with E-state index in [-0.39, 0.29) is 11.3 Å². The quantitative estimate of drug-likeness (QED) is 0.342. The van der Waals surface area contributed by atoms with E-state index >= 15 is 0 Å². The van der Waals surface area contributed by atoms with E-state index in [4.69, 9.17) is 4.74 Å². The van der Waals surface area contributed by atoms with Crippen LogP contribution in [0.4, 0.5) is 0 Å². The van der Waals surface area contributed by atoms with Gasteiger partial charge in [0.25, 0.3) is 0 Å². The van der Waals surface area contributed by atoms with Crippen molar-refractivity contribution < 1.29 is 33.4 Å². The molecule has 0 N–H and O–H groups in total. The highest BCUT2D eigenvalue weighted by Gasteiger charge is 2.36. The lowest BCUT2D eigenvalue weighted by Gasteiger charge is -2.12. The molecule has 1 rings (SSSR count). The lowest BCUT2D eigenvalue weighted by molar-refractivity contribution is -0.156. The largest absolute Gasteiger partial charge is 0.468 e. The van der Waals surface area contributed by atoms with Crippen LogP contribution in [0.2, 0.25) is 0 Å². The van der Waals surface area contributed by atoms with Gasteiger partial charge in [-0.25, -0.2) is 0 Å². The molecule has 0 aliphatic rings. The van der Waals surface area contributed by atoms with E-state index in [1.807, 2.05) is 0 Å². The van der Waals surface area contributed by atoms with Crippen LogP contribution in [0.15, 0.2) is 24.3 Å². The molecule has 21 heavy (non-hydrogen) atoms. The molecule has 0 aliphatic heterocycles. The molecule has 0 bridgehead atoms. The molecule has 112 valence electrons. The fourth-order valence-corrected chi connectivity index (χ4v) is 1.59. The van der Waals surface area contributed by atoms with Gasteiger partial charge in [0.2, 0.25) is 5.92 Å². The minimum Gasteiger partial charge on any atom is -0.468 e. The van der Waals surface area contributed by atoms with Crippen LogP contribution in [0.25, 0.3) is 0 Å². The standard InChI is InChI=1S/C14H14O7/c1-8(15)21-10-6-4-5-9(7-10)12(16)11(13(17)19-2)14(18)20-3/h4-7,11H,1-3H3. The van der Waals surface area contributed by atoms with Gasteiger partial charge < -0.3 is 14.2 Å². The van der Waals surface area contributed by atoms with Crippen molar-refractivity contribution >= 4 is 23.7 Å². The average molecular weight is 294 g/mol. The fourth-order valence-electron chi connectivity index (χ4n) is 1.59. The first-order valence-corrected chi connectivity index (χ1v) is 5.89. The van der Waals surface area contributed by atoms with Crippen LogP contribution in [0.3, 0.4) is 0 Å². The summed E-state index contributed by atoms with van der Waals surface area (Å²) in [6.07, 6.45) is 0. The number of ketones is 1. The van der Waals surface area contributed by atoms with Gasteiger partial charge in [-0.15, -0.1) is 0 Å². The summed E-state index contributed by atoms with van der Waals surface area (Å²) in [6, 6.07) is 5.55. The zero-order valence-electron chi connectivity index (χ0n) is 11.7. The van der Waals surface area contributed by atoms with E-state index < -0.39 is 29.6 Å². The second-order valence-electron chi connectivity index (χ2n) is 3.97. The summed E-state index contributed by atoms with van der Waals surface area (Å²) in [5.74, 6) is -5.00. The van der Waals surface area contributed by atoms with Crippen LogP contribution >= 0.6 is 0 Å². The van der Waals surface area contributed by atoms with Crippen molar-refractivity contribution in [3.8, 4) is 5.75 Å². The predicted molar refractivity (Wildman–Crippen MR) is 69.6 cm³/mol. The van der Waals surface area contributed by atoms with Gasteiger partial charge in [0, 0.05) is 12.5 Å². The molecular formula is C14H14O7. The molecule has 0 atom stereocenters. The Labute approximate surface area is 120 Å². The summed E-state index contributed by atoms with van der Waals surface area (Å²) in [7, 11) is 2.11. The Morgan fingerprint density at radius 2 is 1.57 bits per heavy atom. The highest BCUT2D eigenvalue weighted by Crippen LogP contribution is 2.18. The van der Waals surface area contributed by atoms with E-state index in [1.165, 1.54) is 31.2 Å². The highest BCUT2D eigenvalue weighted by atomic mass is 16.5. The Hall–Kier alpha value is -2.70. The zero-order valence-corrected chi connectivity index (χ0v) is 11.7. The van der Waals surface area contributed by atoms with Gasteiger partial charge in [-0.3, -0.25) is 19.2 Å². The Morgan fingerprint density at radius 3 is 2.05 bits per heavy atom. The van der Waals surface area contributed by atoms with Crippen LogP contribution in [0.1, 0.15) is 17.3 Å². The number of rotatable bonds is 5. The maximum absolute atomic E-state index is 12.2. The maximum Gasteiger partial charge on any atom is 0.328 e. The first kappa shape index (κ1) is 16.4. The number of hydrogen-bond donors (Lipinski definition) is 0. The SMILES string of the molecule is COC(=O)C(C(=O)OC)C(=O)c1cccc(OC(C)=O)c1. The van der Waals surface area contributed by atoms with Gasteiger partial charge in [-0.2, -0.15) is 0 Å². The molecular weight excluding hydrogens is 280 g/mol. The molecule has 1 aromatic rings. The number of carbonyl (C=O) groups excluding carboxylic acids is 4. The van der Waals surface area contributed by atoms with Gasteiger partial charge in [0.1, 0.15) is 5.75 Å². The molecule has 0 heterocycles. The number of benzene rings is 1. The molecule has 7 heteroatoms. The van der Waals surface area contributed by atoms with Crippen molar-refractivity contribution in [2.75, 3.05) is 14.2 Å². The second-order valence-corrected chi connectivity index (χ2v) is 3.97. The Bertz CT molecular complexity index is 560. The summed E-state index contributed by atoms with van der Waals surface area (Å²) < 4.78 is 13.7. The van der Waals surface area contributed by atoms with E-state index in [0.29, 0.717) is 0 Å². The highest BCUT2D eigenvalue weighted by molar-refractivity contribution is 6.20. The van der Waals surface area contributed by atoms with Crippen LogP contribution in [-0.4, -0.2) is 37.9 Å². The van der Waals surface area contributed by atoms with Gasteiger partial charge in [-0.1, -0.05) is 12.1 Å². The first-order valence-electron chi connectivity index (χ1n) is 5.89. The smallest absolute Gasteiger partial charge is 0.328 e. The molecule has 0 saturated heterocycles. The monoisotopic (exact) mass is 294 g/mol. The van der Waals surface area contributed by atoms with Crippen LogP contribution in [-0.2, 0) is 23.9 Å². The minimum atomic E-state index is -1.72. The van der Waals surface area contributed by atoms with Crippen molar-refractivity contribution in [1.82, 2.24) is 0 Å². The number of esters is 3. The van der Waals surface area contributed by atoms with Gasteiger partial charge in [0.05, 0.1) is 14.2 Å².